The normalized spacial score (nSPS) is 30.4. The molecule has 0 radical (unpaired) electrons. The molecule has 3 aliphatic rings. The van der Waals surface area contributed by atoms with Crippen molar-refractivity contribution in [3.63, 3.8) is 0 Å². The van der Waals surface area contributed by atoms with Crippen molar-refractivity contribution in [1.29, 1.82) is 0 Å². The first-order chi connectivity index (χ1) is 9.29. The number of fused-ring (bicyclic) bond motifs is 1. The molecule has 4 rings (SSSR count). The number of hydrogen-bond acceptors (Lipinski definition) is 5. The fourth-order valence-electron chi connectivity index (χ4n) is 3.46. The molecule has 2 atom stereocenters. The topological polar surface area (TPSA) is 67.1 Å². The van der Waals surface area contributed by atoms with Crippen LogP contribution in [0.1, 0.15) is 37.3 Å². The number of aromatic nitrogens is 2. The van der Waals surface area contributed by atoms with Crippen LogP contribution in [0.3, 0.4) is 0 Å². The van der Waals surface area contributed by atoms with Crippen LogP contribution in [0.15, 0.2) is 6.07 Å². The van der Waals surface area contributed by atoms with Gasteiger partial charge in [0.25, 0.3) is 0 Å². The Bertz CT molecular complexity index is 471. The predicted octanol–water partition coefficient (Wildman–Crippen LogP) is 1.12. The van der Waals surface area contributed by atoms with E-state index in [1.807, 2.05) is 0 Å². The monoisotopic (exact) mass is 259 g/mol. The molecule has 0 spiro atoms. The summed E-state index contributed by atoms with van der Waals surface area (Å²) in [4.78, 5) is 11.2. The fraction of sp³-hybridized carbons (Fsp3) is 0.714. The molecule has 1 aliphatic carbocycles. The van der Waals surface area contributed by atoms with E-state index in [4.69, 9.17) is 5.73 Å². The third-order valence-electron chi connectivity index (χ3n) is 4.67. The first-order valence-corrected chi connectivity index (χ1v) is 7.42. The smallest absolute Gasteiger partial charge is 0.222 e. The quantitative estimate of drug-likeness (QED) is 0.833. The first kappa shape index (κ1) is 11.5. The molecular formula is C14H21N5. The molecule has 1 saturated carbocycles. The third-order valence-corrected chi connectivity index (χ3v) is 4.67. The second-order valence-electron chi connectivity index (χ2n) is 6.15. The Labute approximate surface area is 113 Å². The minimum Gasteiger partial charge on any atom is -0.368 e. The second kappa shape index (κ2) is 4.34. The van der Waals surface area contributed by atoms with Crippen molar-refractivity contribution in [2.45, 2.75) is 37.6 Å². The maximum atomic E-state index is 5.87. The molecule has 3 N–H and O–H groups in total. The molecule has 102 valence electrons. The molecule has 5 heteroatoms. The zero-order valence-electron chi connectivity index (χ0n) is 11.2. The summed E-state index contributed by atoms with van der Waals surface area (Å²) >= 11 is 0. The highest BCUT2D eigenvalue weighted by Gasteiger charge is 2.35. The van der Waals surface area contributed by atoms with Crippen molar-refractivity contribution in [2.75, 3.05) is 30.3 Å². The van der Waals surface area contributed by atoms with Crippen LogP contribution in [0, 0.1) is 5.92 Å². The predicted molar refractivity (Wildman–Crippen MR) is 75.1 cm³/mol. The minimum absolute atomic E-state index is 0.433. The van der Waals surface area contributed by atoms with Crippen molar-refractivity contribution in [2.24, 2.45) is 5.92 Å². The van der Waals surface area contributed by atoms with Gasteiger partial charge in [-0.1, -0.05) is 0 Å². The van der Waals surface area contributed by atoms with Crippen molar-refractivity contribution in [3.8, 4) is 0 Å². The van der Waals surface area contributed by atoms with Crippen molar-refractivity contribution in [1.82, 2.24) is 15.3 Å². The van der Waals surface area contributed by atoms with Crippen LogP contribution in [-0.4, -0.2) is 35.6 Å². The molecule has 0 amide bonds. The van der Waals surface area contributed by atoms with Gasteiger partial charge in [-0.05, 0) is 38.1 Å². The average Bonchev–Trinajstić information content (AvgIpc) is 3.17. The fourth-order valence-corrected chi connectivity index (χ4v) is 3.46. The Kier molecular flexibility index (Phi) is 2.62. The maximum Gasteiger partial charge on any atom is 0.222 e. The van der Waals surface area contributed by atoms with Crippen LogP contribution in [0.5, 0.6) is 0 Å². The summed E-state index contributed by atoms with van der Waals surface area (Å²) in [5.41, 5.74) is 7.02. The number of nitrogens with one attached hydrogen (secondary N) is 1. The summed E-state index contributed by atoms with van der Waals surface area (Å²) in [7, 11) is 0. The van der Waals surface area contributed by atoms with E-state index in [2.05, 4.69) is 26.3 Å². The lowest BCUT2D eigenvalue weighted by Gasteiger charge is -2.24. The number of nitrogen functional groups attached to an aromatic ring is 1. The zero-order chi connectivity index (χ0) is 12.8. The molecule has 0 bridgehead atoms. The largest absolute Gasteiger partial charge is 0.368 e. The number of anilines is 2. The van der Waals surface area contributed by atoms with Gasteiger partial charge in [0.15, 0.2) is 0 Å². The van der Waals surface area contributed by atoms with Crippen molar-refractivity contribution < 1.29 is 0 Å². The Balaban J connectivity index is 1.58. The Morgan fingerprint density at radius 3 is 2.89 bits per heavy atom. The van der Waals surface area contributed by atoms with Crippen LogP contribution >= 0.6 is 0 Å². The summed E-state index contributed by atoms with van der Waals surface area (Å²) in [5.74, 6) is 2.87. The number of hydrogen-bond donors (Lipinski definition) is 2. The van der Waals surface area contributed by atoms with Gasteiger partial charge in [0, 0.05) is 31.1 Å². The van der Waals surface area contributed by atoms with Crippen LogP contribution in [0.4, 0.5) is 11.8 Å². The number of nitrogens with two attached hydrogens (primary N) is 1. The van der Waals surface area contributed by atoms with Gasteiger partial charge in [-0.2, -0.15) is 4.98 Å². The van der Waals surface area contributed by atoms with Gasteiger partial charge in [0.05, 0.1) is 5.69 Å². The third kappa shape index (κ3) is 2.16. The maximum absolute atomic E-state index is 5.87. The van der Waals surface area contributed by atoms with E-state index in [0.29, 0.717) is 17.9 Å². The van der Waals surface area contributed by atoms with E-state index in [1.54, 1.807) is 0 Å². The number of rotatable bonds is 2. The summed E-state index contributed by atoms with van der Waals surface area (Å²) < 4.78 is 0. The minimum atomic E-state index is 0.433. The van der Waals surface area contributed by atoms with E-state index in [-0.39, 0.29) is 0 Å². The zero-order valence-corrected chi connectivity index (χ0v) is 11.2. The van der Waals surface area contributed by atoms with E-state index in [0.717, 1.165) is 37.1 Å². The van der Waals surface area contributed by atoms with E-state index in [1.165, 1.54) is 25.7 Å². The highest BCUT2D eigenvalue weighted by molar-refractivity contribution is 5.46. The van der Waals surface area contributed by atoms with Gasteiger partial charge in [-0.25, -0.2) is 4.98 Å². The van der Waals surface area contributed by atoms with Crippen LogP contribution in [0.2, 0.25) is 0 Å². The average molecular weight is 259 g/mol. The van der Waals surface area contributed by atoms with Crippen molar-refractivity contribution in [3.05, 3.63) is 11.8 Å². The van der Waals surface area contributed by atoms with E-state index in [9.17, 15) is 0 Å². The summed E-state index contributed by atoms with van der Waals surface area (Å²) in [6.45, 7) is 3.33. The van der Waals surface area contributed by atoms with Gasteiger partial charge in [0.2, 0.25) is 5.95 Å². The molecule has 0 unspecified atom stereocenters. The lowest BCUT2D eigenvalue weighted by atomic mass is 9.94. The molecule has 19 heavy (non-hydrogen) atoms. The molecule has 1 aromatic heterocycles. The number of nitrogens with zero attached hydrogens (tertiary/aromatic N) is 3. The Morgan fingerprint density at radius 1 is 1.21 bits per heavy atom. The summed E-state index contributed by atoms with van der Waals surface area (Å²) in [5, 5.41) is 3.63. The molecule has 3 fully saturated rings. The molecule has 2 saturated heterocycles. The lowest BCUT2D eigenvalue weighted by molar-refractivity contribution is 0.340. The highest BCUT2D eigenvalue weighted by atomic mass is 15.3. The summed E-state index contributed by atoms with van der Waals surface area (Å²) in [6.07, 6.45) is 5.14. The van der Waals surface area contributed by atoms with Crippen LogP contribution < -0.4 is 16.0 Å². The Hall–Kier alpha value is -1.36. The second-order valence-corrected chi connectivity index (χ2v) is 6.15. The molecule has 5 nitrogen and oxygen atoms in total. The van der Waals surface area contributed by atoms with Gasteiger partial charge in [-0.15, -0.1) is 0 Å². The SMILES string of the molecule is Nc1nc(C2CC2)cc(N2C[C@H]3CCCN[C@H]3C2)n1. The number of piperidine rings is 1. The lowest BCUT2D eigenvalue weighted by Crippen LogP contribution is -2.40. The van der Waals surface area contributed by atoms with E-state index >= 15 is 0 Å². The van der Waals surface area contributed by atoms with Gasteiger partial charge >= 0.3 is 0 Å². The summed E-state index contributed by atoms with van der Waals surface area (Å²) in [6, 6.07) is 2.79. The molecule has 2 aliphatic heterocycles. The Morgan fingerprint density at radius 2 is 2.11 bits per heavy atom. The highest BCUT2D eigenvalue weighted by Crippen LogP contribution is 2.40. The first-order valence-electron chi connectivity index (χ1n) is 7.42. The van der Waals surface area contributed by atoms with Crippen molar-refractivity contribution >= 4 is 11.8 Å². The van der Waals surface area contributed by atoms with Crippen LogP contribution in [-0.2, 0) is 0 Å². The standard InChI is InChI=1S/C14H21N5/c15-14-17-11(9-3-4-9)6-13(18-14)19-7-10-2-1-5-16-12(10)8-19/h6,9-10,12,16H,1-5,7-8H2,(H2,15,17,18)/t10-,12+/m1/s1. The van der Waals surface area contributed by atoms with Crippen LogP contribution in [0.25, 0.3) is 0 Å². The molecule has 0 aromatic carbocycles. The van der Waals surface area contributed by atoms with Gasteiger partial charge in [0.1, 0.15) is 5.82 Å². The van der Waals surface area contributed by atoms with Gasteiger partial charge in [-0.3, -0.25) is 0 Å². The van der Waals surface area contributed by atoms with E-state index < -0.39 is 0 Å². The van der Waals surface area contributed by atoms with Gasteiger partial charge < -0.3 is 16.0 Å². The molecular weight excluding hydrogens is 238 g/mol. The molecule has 3 heterocycles. The molecule has 1 aromatic rings.